The second-order valence-corrected chi connectivity index (χ2v) is 13.9. The highest BCUT2D eigenvalue weighted by atomic mass is 16.5. The molecule has 1 spiro atoms. The minimum Gasteiger partial charge on any atom is -0.457 e. The van der Waals surface area contributed by atoms with Crippen LogP contribution in [-0.4, -0.2) is 15.0 Å². The zero-order chi connectivity index (χ0) is 36.3. The van der Waals surface area contributed by atoms with E-state index >= 15 is 0 Å². The maximum Gasteiger partial charge on any atom is 0.164 e. The van der Waals surface area contributed by atoms with Crippen LogP contribution < -0.4 is 9.47 Å². The van der Waals surface area contributed by atoms with Gasteiger partial charge in [0.25, 0.3) is 0 Å². The van der Waals surface area contributed by atoms with Gasteiger partial charge >= 0.3 is 0 Å². The van der Waals surface area contributed by atoms with Crippen LogP contribution in [-0.2, 0) is 5.41 Å². The van der Waals surface area contributed by atoms with Gasteiger partial charge in [0, 0.05) is 27.8 Å². The lowest BCUT2D eigenvalue weighted by molar-refractivity contribution is 0.435. The molecule has 0 saturated carbocycles. The van der Waals surface area contributed by atoms with Gasteiger partial charge in [-0.15, -0.1) is 0 Å². The van der Waals surface area contributed by atoms with Crippen LogP contribution in [0.15, 0.2) is 188 Å². The van der Waals surface area contributed by atoms with Crippen LogP contribution in [0.1, 0.15) is 22.3 Å². The maximum atomic E-state index is 6.60. The van der Waals surface area contributed by atoms with E-state index < -0.39 is 5.41 Å². The first-order valence-electron chi connectivity index (χ1n) is 18.4. The van der Waals surface area contributed by atoms with Gasteiger partial charge in [-0.3, -0.25) is 0 Å². The Balaban J connectivity index is 1.16. The highest BCUT2D eigenvalue weighted by molar-refractivity contribution is 5.96. The largest absolute Gasteiger partial charge is 0.457 e. The third-order valence-corrected chi connectivity index (χ3v) is 10.8. The van der Waals surface area contributed by atoms with Crippen LogP contribution >= 0.6 is 0 Å². The Morgan fingerprint density at radius 1 is 0.382 bits per heavy atom. The van der Waals surface area contributed by atoms with Gasteiger partial charge in [-0.2, -0.15) is 0 Å². The molecule has 0 bridgehead atoms. The Morgan fingerprint density at radius 3 is 1.80 bits per heavy atom. The van der Waals surface area contributed by atoms with Crippen molar-refractivity contribution in [1.82, 2.24) is 15.0 Å². The molecule has 1 aromatic heterocycles. The van der Waals surface area contributed by atoms with Gasteiger partial charge in [0.1, 0.15) is 23.0 Å². The second-order valence-electron chi connectivity index (χ2n) is 13.9. The average molecular weight is 706 g/mol. The number of ether oxygens (including phenoxy) is 2. The Hall–Kier alpha value is -7.37. The summed E-state index contributed by atoms with van der Waals surface area (Å²) >= 11 is 0. The van der Waals surface area contributed by atoms with Gasteiger partial charge in [0.15, 0.2) is 17.5 Å². The van der Waals surface area contributed by atoms with Crippen molar-refractivity contribution in [3.05, 3.63) is 210 Å². The predicted molar refractivity (Wildman–Crippen MR) is 218 cm³/mol. The normalized spacial score (nSPS) is 13.0. The van der Waals surface area contributed by atoms with E-state index in [9.17, 15) is 0 Å². The molecule has 0 N–H and O–H groups in total. The summed E-state index contributed by atoms with van der Waals surface area (Å²) in [5.41, 5.74) is 8.84. The van der Waals surface area contributed by atoms with Crippen molar-refractivity contribution in [2.24, 2.45) is 0 Å². The summed E-state index contributed by atoms with van der Waals surface area (Å²) in [4.78, 5) is 15.4. The van der Waals surface area contributed by atoms with E-state index in [1.165, 1.54) is 0 Å². The van der Waals surface area contributed by atoms with Crippen molar-refractivity contribution in [2.45, 2.75) is 5.41 Å². The van der Waals surface area contributed by atoms with Crippen LogP contribution in [0.2, 0.25) is 0 Å². The predicted octanol–water partition coefficient (Wildman–Crippen LogP) is 12.3. The number of fused-ring (bicyclic) bond motifs is 10. The molecule has 2 heterocycles. The van der Waals surface area contributed by atoms with Crippen LogP contribution in [0.5, 0.6) is 23.0 Å². The number of hydrogen-bond donors (Lipinski definition) is 0. The summed E-state index contributed by atoms with van der Waals surface area (Å²) in [6.45, 7) is 0. The molecule has 55 heavy (non-hydrogen) atoms. The van der Waals surface area contributed by atoms with E-state index in [0.29, 0.717) is 17.5 Å². The second kappa shape index (κ2) is 12.4. The van der Waals surface area contributed by atoms with E-state index in [1.807, 2.05) is 72.8 Å². The van der Waals surface area contributed by atoms with Gasteiger partial charge in [0.05, 0.1) is 5.41 Å². The van der Waals surface area contributed by atoms with Gasteiger partial charge in [-0.1, -0.05) is 146 Å². The van der Waals surface area contributed by atoms with Crippen LogP contribution in [0, 0.1) is 0 Å². The fraction of sp³-hybridized carbons (Fsp3) is 0.0200. The van der Waals surface area contributed by atoms with Crippen LogP contribution in [0.25, 0.3) is 56.1 Å². The smallest absolute Gasteiger partial charge is 0.164 e. The third-order valence-electron chi connectivity index (χ3n) is 10.8. The number of hydrogen-bond acceptors (Lipinski definition) is 5. The van der Waals surface area contributed by atoms with Gasteiger partial charge < -0.3 is 9.47 Å². The van der Waals surface area contributed by atoms with Crippen LogP contribution in [0.4, 0.5) is 0 Å². The molecule has 0 saturated heterocycles. The molecule has 11 rings (SSSR count). The molecule has 5 nitrogen and oxygen atoms in total. The van der Waals surface area contributed by atoms with E-state index in [4.69, 9.17) is 24.4 Å². The molecule has 0 amide bonds. The summed E-state index contributed by atoms with van der Waals surface area (Å²) in [7, 11) is 0. The molecule has 0 atom stereocenters. The van der Waals surface area contributed by atoms with Crippen molar-refractivity contribution < 1.29 is 9.47 Å². The Kier molecular flexibility index (Phi) is 7.01. The quantitative estimate of drug-likeness (QED) is 0.178. The lowest BCUT2D eigenvalue weighted by Gasteiger charge is -2.39. The molecule has 9 aromatic rings. The van der Waals surface area contributed by atoms with E-state index in [1.54, 1.807) is 0 Å². The first kappa shape index (κ1) is 31.2. The standard InChI is InChI=1S/C50H31N3O2/c1-3-15-33(16-4-1)47-51-48(53-49(52-47)39-21-13-17-32-14-7-8-20-37(32)39)34-26-29-41-40(30-34)38-28-27-36(54-35-18-5-2-6-19-35)31-44(38)50(41)42-22-9-11-24-45(42)55-46-25-12-10-23-43(46)50/h1-31H. The first-order valence-corrected chi connectivity index (χ1v) is 18.4. The Morgan fingerprint density at radius 2 is 1.02 bits per heavy atom. The van der Waals surface area contributed by atoms with Crippen molar-refractivity contribution in [3.8, 4) is 68.3 Å². The third kappa shape index (κ3) is 4.90. The fourth-order valence-corrected chi connectivity index (χ4v) is 8.47. The van der Waals surface area contributed by atoms with E-state index in [2.05, 4.69) is 115 Å². The molecule has 2 aliphatic rings. The molecule has 0 unspecified atom stereocenters. The molecule has 8 aromatic carbocycles. The summed E-state index contributed by atoms with van der Waals surface area (Å²) in [6.07, 6.45) is 0. The fourth-order valence-electron chi connectivity index (χ4n) is 8.47. The summed E-state index contributed by atoms with van der Waals surface area (Å²) in [5.74, 6) is 5.09. The van der Waals surface area contributed by atoms with Gasteiger partial charge in [-0.25, -0.2) is 15.0 Å². The van der Waals surface area contributed by atoms with Crippen molar-refractivity contribution in [2.75, 3.05) is 0 Å². The summed E-state index contributed by atoms with van der Waals surface area (Å²) in [5, 5.41) is 2.23. The zero-order valence-corrected chi connectivity index (χ0v) is 29.6. The maximum absolute atomic E-state index is 6.60. The number of benzene rings is 8. The lowest BCUT2D eigenvalue weighted by Crippen LogP contribution is -2.32. The molecular formula is C50H31N3O2. The minimum absolute atomic E-state index is 0.610. The van der Waals surface area contributed by atoms with Gasteiger partial charge in [0.2, 0.25) is 0 Å². The summed E-state index contributed by atoms with van der Waals surface area (Å²) < 4.78 is 13.1. The number of rotatable bonds is 5. The lowest BCUT2D eigenvalue weighted by atomic mass is 9.66. The monoisotopic (exact) mass is 705 g/mol. The number of para-hydroxylation sites is 3. The van der Waals surface area contributed by atoms with E-state index in [-0.39, 0.29) is 0 Å². The number of aromatic nitrogens is 3. The van der Waals surface area contributed by atoms with Crippen LogP contribution in [0.3, 0.4) is 0 Å². The zero-order valence-electron chi connectivity index (χ0n) is 29.6. The van der Waals surface area contributed by atoms with E-state index in [0.717, 1.165) is 83.8 Å². The summed E-state index contributed by atoms with van der Waals surface area (Å²) in [6, 6.07) is 64.6. The average Bonchev–Trinajstić information content (AvgIpc) is 3.53. The van der Waals surface area contributed by atoms with Crippen molar-refractivity contribution >= 4 is 10.8 Å². The molecule has 5 heteroatoms. The van der Waals surface area contributed by atoms with Gasteiger partial charge in [-0.05, 0) is 75.5 Å². The van der Waals surface area contributed by atoms with Crippen molar-refractivity contribution in [1.29, 1.82) is 0 Å². The first-order chi connectivity index (χ1) is 27.2. The topological polar surface area (TPSA) is 57.1 Å². The SMILES string of the molecule is c1ccc(Oc2ccc3c(c2)C2(c4ccccc4Oc4ccccc42)c2ccc(-c4nc(-c5ccccc5)nc(-c5cccc6ccccc56)n4)cc2-3)cc1. The molecular weight excluding hydrogens is 675 g/mol. The highest BCUT2D eigenvalue weighted by Gasteiger charge is 2.51. The Bertz CT molecular complexity index is 2890. The molecule has 0 radical (unpaired) electrons. The van der Waals surface area contributed by atoms with Crippen molar-refractivity contribution in [3.63, 3.8) is 0 Å². The number of nitrogens with zero attached hydrogens (tertiary/aromatic N) is 3. The minimum atomic E-state index is -0.660. The highest BCUT2D eigenvalue weighted by Crippen LogP contribution is 2.62. The molecule has 1 aliphatic carbocycles. The molecule has 258 valence electrons. The Labute approximate surface area is 318 Å². The molecule has 0 fully saturated rings. The molecule has 1 aliphatic heterocycles.